The van der Waals surface area contributed by atoms with E-state index in [4.69, 9.17) is 11.6 Å². The molecule has 0 spiro atoms. The first kappa shape index (κ1) is 20.5. The van der Waals surface area contributed by atoms with Crippen LogP contribution in [0, 0.1) is 17.7 Å². The lowest BCUT2D eigenvalue weighted by Crippen LogP contribution is -1.87. The number of hydrogen-bond acceptors (Lipinski definition) is 0. The highest BCUT2D eigenvalue weighted by atomic mass is 35.5. The molecule has 2 rings (SSSR count). The van der Waals surface area contributed by atoms with E-state index in [1.807, 2.05) is 12.1 Å². The fourth-order valence-corrected chi connectivity index (χ4v) is 3.11. The smallest absolute Gasteiger partial charge is 0.140 e. The Bertz CT molecular complexity index is 722. The van der Waals surface area contributed by atoms with Crippen molar-refractivity contribution in [3.63, 3.8) is 0 Å². The number of hydrogen-bond donors (Lipinski definition) is 0. The third-order valence-corrected chi connectivity index (χ3v) is 4.78. The zero-order valence-corrected chi connectivity index (χ0v) is 16.4. The first-order chi connectivity index (χ1) is 12.7. The van der Waals surface area contributed by atoms with Crippen molar-refractivity contribution in [2.24, 2.45) is 0 Å². The summed E-state index contributed by atoms with van der Waals surface area (Å²) in [5.41, 5.74) is 2.62. The second kappa shape index (κ2) is 11.8. The Morgan fingerprint density at radius 1 is 0.808 bits per heavy atom. The van der Waals surface area contributed by atoms with Gasteiger partial charge in [0.15, 0.2) is 0 Å². The van der Waals surface area contributed by atoms with E-state index in [0.717, 1.165) is 12.0 Å². The van der Waals surface area contributed by atoms with Crippen LogP contribution in [0.25, 0.3) is 0 Å². The summed E-state index contributed by atoms with van der Waals surface area (Å²) < 4.78 is 13.7. The molecule has 0 bridgehead atoms. The van der Waals surface area contributed by atoms with Crippen molar-refractivity contribution < 1.29 is 4.39 Å². The monoisotopic (exact) mass is 370 g/mol. The molecule has 0 N–H and O–H groups in total. The summed E-state index contributed by atoms with van der Waals surface area (Å²) in [5.74, 6) is 5.51. The van der Waals surface area contributed by atoms with Crippen molar-refractivity contribution in [2.75, 3.05) is 0 Å². The fourth-order valence-electron chi connectivity index (χ4n) is 2.95. The molecule has 0 atom stereocenters. The summed E-state index contributed by atoms with van der Waals surface area (Å²) in [6, 6.07) is 12.8. The van der Waals surface area contributed by atoms with Crippen LogP contribution >= 0.6 is 11.6 Å². The number of aryl methyl sites for hydroxylation is 1. The van der Waals surface area contributed by atoms with Gasteiger partial charge in [0, 0.05) is 10.6 Å². The van der Waals surface area contributed by atoms with Gasteiger partial charge in [-0.25, -0.2) is 4.39 Å². The summed E-state index contributed by atoms with van der Waals surface area (Å²) in [6.45, 7) is 2.26. The molecule has 138 valence electrons. The van der Waals surface area contributed by atoms with Crippen LogP contribution in [0.4, 0.5) is 4.39 Å². The van der Waals surface area contributed by atoms with Crippen molar-refractivity contribution >= 4 is 11.6 Å². The molecule has 0 aliphatic rings. The highest BCUT2D eigenvalue weighted by Crippen LogP contribution is 2.14. The summed E-state index contributed by atoms with van der Waals surface area (Å²) in [6.07, 6.45) is 11.9. The molecule has 0 heterocycles. The van der Waals surface area contributed by atoms with E-state index in [-0.39, 0.29) is 5.82 Å². The molecule has 0 amide bonds. The maximum absolute atomic E-state index is 13.7. The van der Waals surface area contributed by atoms with Crippen LogP contribution in [0.3, 0.4) is 0 Å². The van der Waals surface area contributed by atoms with Gasteiger partial charge in [-0.2, -0.15) is 0 Å². The van der Waals surface area contributed by atoms with Crippen LogP contribution < -0.4 is 0 Å². The SMILES string of the molecule is CCCCCCCCCCc1ccc(C#Cc2ccc(Cl)cc2F)cc1. The molecule has 26 heavy (non-hydrogen) atoms. The van der Waals surface area contributed by atoms with Crippen LogP contribution in [0.15, 0.2) is 42.5 Å². The topological polar surface area (TPSA) is 0 Å². The van der Waals surface area contributed by atoms with Crippen molar-refractivity contribution in [3.8, 4) is 11.8 Å². The Morgan fingerprint density at radius 2 is 1.46 bits per heavy atom. The van der Waals surface area contributed by atoms with E-state index >= 15 is 0 Å². The lowest BCUT2D eigenvalue weighted by Gasteiger charge is -2.03. The van der Waals surface area contributed by atoms with Crippen LogP contribution in [0.1, 0.15) is 75.0 Å². The van der Waals surface area contributed by atoms with E-state index in [2.05, 4.69) is 30.9 Å². The molecule has 0 aliphatic carbocycles. The normalized spacial score (nSPS) is 10.4. The largest absolute Gasteiger partial charge is 0.206 e. The van der Waals surface area contributed by atoms with Gasteiger partial charge < -0.3 is 0 Å². The lowest BCUT2D eigenvalue weighted by molar-refractivity contribution is 0.575. The first-order valence-corrected chi connectivity index (χ1v) is 10.1. The summed E-state index contributed by atoms with van der Waals surface area (Å²) in [7, 11) is 0. The average Bonchev–Trinajstić information content (AvgIpc) is 2.64. The highest BCUT2D eigenvalue weighted by molar-refractivity contribution is 6.30. The van der Waals surface area contributed by atoms with Gasteiger partial charge in [0.05, 0.1) is 5.56 Å². The van der Waals surface area contributed by atoms with E-state index in [1.54, 1.807) is 12.1 Å². The number of rotatable bonds is 9. The van der Waals surface area contributed by atoms with Crippen molar-refractivity contribution in [1.82, 2.24) is 0 Å². The Labute approximate surface area is 162 Å². The molecule has 2 aromatic carbocycles. The molecule has 2 aromatic rings. The highest BCUT2D eigenvalue weighted by Gasteiger charge is 1.99. The molecule has 0 nitrogen and oxygen atoms in total. The molecule has 0 saturated carbocycles. The predicted molar refractivity (Wildman–Crippen MR) is 110 cm³/mol. The number of unbranched alkanes of at least 4 members (excludes halogenated alkanes) is 7. The van der Waals surface area contributed by atoms with Gasteiger partial charge in [0.25, 0.3) is 0 Å². The van der Waals surface area contributed by atoms with Crippen molar-refractivity contribution in [3.05, 3.63) is 70.0 Å². The standard InChI is InChI=1S/C24H28ClF/c1-2-3-4-5-6-7-8-9-10-20-11-13-21(14-12-20)15-16-22-17-18-23(25)19-24(22)26/h11-14,17-19H,2-10H2,1H3. The molecule has 2 heteroatoms. The third kappa shape index (κ3) is 7.63. The Morgan fingerprint density at radius 3 is 2.12 bits per heavy atom. The van der Waals surface area contributed by atoms with Crippen molar-refractivity contribution in [2.45, 2.75) is 64.7 Å². The lowest BCUT2D eigenvalue weighted by atomic mass is 10.0. The molecule has 0 unspecified atom stereocenters. The fraction of sp³-hybridized carbons (Fsp3) is 0.417. The maximum atomic E-state index is 13.7. The van der Waals surface area contributed by atoms with Gasteiger partial charge in [0.2, 0.25) is 0 Å². The van der Waals surface area contributed by atoms with Crippen LogP contribution in [0.5, 0.6) is 0 Å². The van der Waals surface area contributed by atoms with Crippen LogP contribution in [-0.2, 0) is 6.42 Å². The maximum Gasteiger partial charge on any atom is 0.140 e. The number of benzene rings is 2. The third-order valence-electron chi connectivity index (χ3n) is 4.55. The number of halogens is 2. The molecular weight excluding hydrogens is 343 g/mol. The zero-order valence-electron chi connectivity index (χ0n) is 15.7. The van der Waals surface area contributed by atoms with Gasteiger partial charge in [-0.05, 0) is 48.7 Å². The summed E-state index contributed by atoms with van der Waals surface area (Å²) in [5, 5.41) is 0.387. The van der Waals surface area contributed by atoms with E-state index in [1.165, 1.54) is 63.0 Å². The minimum absolute atomic E-state index is 0.373. The molecular formula is C24H28ClF. The van der Waals surface area contributed by atoms with E-state index in [0.29, 0.717) is 10.6 Å². The van der Waals surface area contributed by atoms with Crippen molar-refractivity contribution in [1.29, 1.82) is 0 Å². The van der Waals surface area contributed by atoms with Gasteiger partial charge in [-0.15, -0.1) is 0 Å². The van der Waals surface area contributed by atoms with Crippen LogP contribution in [0.2, 0.25) is 5.02 Å². The van der Waals surface area contributed by atoms with E-state index in [9.17, 15) is 4.39 Å². The molecule has 0 radical (unpaired) electrons. The molecule has 0 saturated heterocycles. The average molecular weight is 371 g/mol. The Balaban J connectivity index is 1.74. The minimum atomic E-state index is -0.378. The van der Waals surface area contributed by atoms with E-state index < -0.39 is 0 Å². The molecule has 0 aliphatic heterocycles. The van der Waals surface area contributed by atoms with Gasteiger partial charge >= 0.3 is 0 Å². The Hall–Kier alpha value is -1.78. The van der Waals surface area contributed by atoms with Gasteiger partial charge in [-0.1, -0.05) is 87.4 Å². The minimum Gasteiger partial charge on any atom is -0.206 e. The Kier molecular flexibility index (Phi) is 9.29. The second-order valence-corrected chi connectivity index (χ2v) is 7.23. The summed E-state index contributed by atoms with van der Waals surface area (Å²) in [4.78, 5) is 0. The zero-order chi connectivity index (χ0) is 18.6. The second-order valence-electron chi connectivity index (χ2n) is 6.80. The molecule has 0 fully saturated rings. The predicted octanol–water partition coefficient (Wildman–Crippen LogP) is 7.56. The van der Waals surface area contributed by atoms with Crippen LogP contribution in [-0.4, -0.2) is 0 Å². The quantitative estimate of drug-likeness (QED) is 0.315. The van der Waals surface area contributed by atoms with Gasteiger partial charge in [-0.3, -0.25) is 0 Å². The first-order valence-electron chi connectivity index (χ1n) is 9.75. The van der Waals surface area contributed by atoms with Gasteiger partial charge in [0.1, 0.15) is 5.82 Å². The summed E-state index contributed by atoms with van der Waals surface area (Å²) >= 11 is 5.75. The molecule has 0 aromatic heterocycles.